The van der Waals surface area contributed by atoms with Gasteiger partial charge in [0.1, 0.15) is 12.1 Å². The largest absolute Gasteiger partial charge is 0.513 e. The zero-order valence-electron chi connectivity index (χ0n) is 24.9. The van der Waals surface area contributed by atoms with E-state index in [0.717, 1.165) is 6.42 Å². The van der Waals surface area contributed by atoms with Crippen LogP contribution in [0.5, 0.6) is 11.5 Å². The highest BCUT2D eigenvalue weighted by Crippen LogP contribution is 2.30. The smallest absolute Gasteiger partial charge is 0.468 e. The zero-order valence-corrected chi connectivity index (χ0v) is 24.9. The first-order valence-corrected chi connectivity index (χ1v) is 13.6. The summed E-state index contributed by atoms with van der Waals surface area (Å²) in [5, 5.41) is 3.07. The summed E-state index contributed by atoms with van der Waals surface area (Å²) >= 11 is 0. The molecule has 0 fully saturated rings. The molecule has 1 rings (SSSR count). The molecule has 0 amide bonds. The van der Waals surface area contributed by atoms with Crippen LogP contribution in [0.3, 0.4) is 0 Å². The average Bonchev–Trinajstić information content (AvgIpc) is 2.88. The molecule has 0 saturated heterocycles. The normalized spacial score (nSPS) is 12.6. The van der Waals surface area contributed by atoms with Gasteiger partial charge in [0.05, 0.1) is 20.3 Å². The molecule has 0 bridgehead atoms. The van der Waals surface area contributed by atoms with Gasteiger partial charge in [-0.05, 0) is 55.2 Å². The molecule has 0 radical (unpaired) electrons. The predicted octanol–water partition coefficient (Wildman–Crippen LogP) is 5.07. The van der Waals surface area contributed by atoms with Crippen molar-refractivity contribution in [3.63, 3.8) is 0 Å². The number of esters is 2. The third-order valence-electron chi connectivity index (χ3n) is 5.30. The van der Waals surface area contributed by atoms with E-state index in [1.165, 1.54) is 19.2 Å². The van der Waals surface area contributed by atoms with Gasteiger partial charge in [-0.1, -0.05) is 47.6 Å². The average molecular weight is 568 g/mol. The van der Waals surface area contributed by atoms with Crippen LogP contribution in [0.4, 0.5) is 9.59 Å². The van der Waals surface area contributed by atoms with Crippen LogP contribution >= 0.6 is 0 Å². The summed E-state index contributed by atoms with van der Waals surface area (Å²) in [5.41, 5.74) is 0.569. The molecule has 40 heavy (non-hydrogen) atoms. The van der Waals surface area contributed by atoms with Crippen molar-refractivity contribution in [3.05, 3.63) is 23.8 Å². The molecular formula is C29H45NO10. The number of rotatable bonds is 16. The number of nitrogens with one attached hydrogen (secondary N) is 1. The van der Waals surface area contributed by atoms with E-state index >= 15 is 0 Å². The van der Waals surface area contributed by atoms with Gasteiger partial charge in [0.15, 0.2) is 11.5 Å². The Bertz CT molecular complexity index is 960. The molecule has 1 aromatic rings. The fourth-order valence-corrected chi connectivity index (χ4v) is 3.21. The van der Waals surface area contributed by atoms with Gasteiger partial charge in [0.2, 0.25) is 0 Å². The molecule has 1 N–H and O–H groups in total. The molecule has 0 aliphatic rings. The summed E-state index contributed by atoms with van der Waals surface area (Å²) in [6.45, 7) is 13.8. The van der Waals surface area contributed by atoms with E-state index in [1.54, 1.807) is 13.0 Å². The van der Waals surface area contributed by atoms with E-state index in [0.29, 0.717) is 17.9 Å². The quantitative estimate of drug-likeness (QED) is 0.163. The van der Waals surface area contributed by atoms with Crippen LogP contribution in [-0.2, 0) is 35.0 Å². The van der Waals surface area contributed by atoms with E-state index in [1.807, 2.05) is 41.5 Å². The van der Waals surface area contributed by atoms with Crippen LogP contribution in [0, 0.1) is 17.8 Å². The van der Waals surface area contributed by atoms with Crippen LogP contribution < -0.4 is 14.8 Å². The molecule has 0 heterocycles. The van der Waals surface area contributed by atoms with Gasteiger partial charge < -0.3 is 33.7 Å². The molecule has 2 atom stereocenters. The topological polar surface area (TPSA) is 136 Å². The van der Waals surface area contributed by atoms with Gasteiger partial charge >= 0.3 is 24.2 Å². The summed E-state index contributed by atoms with van der Waals surface area (Å²) in [6, 6.07) is 3.72. The number of methoxy groups -OCH3 is 1. The Labute approximate surface area is 237 Å². The van der Waals surface area contributed by atoms with Crippen molar-refractivity contribution < 1.29 is 47.6 Å². The second kappa shape index (κ2) is 18.1. The Morgan fingerprint density at radius 2 is 1.38 bits per heavy atom. The van der Waals surface area contributed by atoms with Crippen LogP contribution in [0.25, 0.3) is 0 Å². The Balaban J connectivity index is 3.01. The Morgan fingerprint density at radius 3 is 1.90 bits per heavy atom. The molecule has 226 valence electrons. The number of carbonyl (C=O) groups excluding carboxylic acids is 4. The minimum atomic E-state index is -0.970. The second-order valence-electron chi connectivity index (χ2n) is 10.8. The predicted molar refractivity (Wildman–Crippen MR) is 147 cm³/mol. The van der Waals surface area contributed by atoms with Crippen LogP contribution in [-0.4, -0.2) is 63.3 Å². The maximum absolute atomic E-state index is 12.5. The molecular weight excluding hydrogens is 522 g/mol. The number of hydrogen-bond acceptors (Lipinski definition) is 11. The Hall–Kier alpha value is -3.34. The van der Waals surface area contributed by atoms with Crippen molar-refractivity contribution in [2.45, 2.75) is 79.9 Å². The minimum Gasteiger partial charge on any atom is -0.468 e. The molecule has 0 aliphatic heterocycles. The molecule has 1 aromatic carbocycles. The lowest BCUT2D eigenvalue weighted by Gasteiger charge is -2.20. The number of carbonyl (C=O) groups is 4. The van der Waals surface area contributed by atoms with E-state index < -0.39 is 30.4 Å². The van der Waals surface area contributed by atoms with Gasteiger partial charge in [-0.25, -0.2) is 9.59 Å². The lowest BCUT2D eigenvalue weighted by Crippen LogP contribution is -2.43. The van der Waals surface area contributed by atoms with Crippen LogP contribution in [0.2, 0.25) is 0 Å². The zero-order chi connectivity index (χ0) is 30.2. The standard InChI is InChI=1S/C29H45NO10/c1-18(2)9-12-26(31)38-21(7)15-30-23(27(32)35-8)13-22-10-11-24(39-28(33)36-16-19(3)4)25(14-22)40-29(34)37-17-20(5)6/h10-11,14,18-21,23,30H,9,12-13,15-17H2,1-8H3/t21?,23-/m0/s1. The van der Waals surface area contributed by atoms with E-state index in [-0.39, 0.29) is 55.5 Å². The fraction of sp³-hybridized carbons (Fsp3) is 0.655. The minimum absolute atomic E-state index is 0.0523. The van der Waals surface area contributed by atoms with E-state index in [4.69, 9.17) is 28.4 Å². The van der Waals surface area contributed by atoms with Crippen molar-refractivity contribution in [1.29, 1.82) is 0 Å². The number of benzene rings is 1. The van der Waals surface area contributed by atoms with Gasteiger partial charge in [-0.15, -0.1) is 0 Å². The first-order chi connectivity index (χ1) is 18.8. The molecule has 0 aromatic heterocycles. The van der Waals surface area contributed by atoms with Crippen molar-refractivity contribution in [2.24, 2.45) is 17.8 Å². The van der Waals surface area contributed by atoms with Gasteiger partial charge in [-0.2, -0.15) is 0 Å². The summed E-state index contributed by atoms with van der Waals surface area (Å²) in [4.78, 5) is 48.9. The van der Waals surface area contributed by atoms with Crippen molar-refractivity contribution in [2.75, 3.05) is 26.9 Å². The van der Waals surface area contributed by atoms with Crippen molar-refractivity contribution in [1.82, 2.24) is 5.32 Å². The van der Waals surface area contributed by atoms with Gasteiger partial charge in [-0.3, -0.25) is 9.59 Å². The maximum Gasteiger partial charge on any atom is 0.513 e. The fourth-order valence-electron chi connectivity index (χ4n) is 3.21. The highest BCUT2D eigenvalue weighted by atomic mass is 16.7. The lowest BCUT2D eigenvalue weighted by atomic mass is 10.0. The highest BCUT2D eigenvalue weighted by Gasteiger charge is 2.23. The third-order valence-corrected chi connectivity index (χ3v) is 5.30. The van der Waals surface area contributed by atoms with Gasteiger partial charge in [0, 0.05) is 13.0 Å². The molecule has 0 spiro atoms. The summed E-state index contributed by atoms with van der Waals surface area (Å²) in [5.74, 6) is -0.388. The molecule has 0 saturated carbocycles. The summed E-state index contributed by atoms with van der Waals surface area (Å²) < 4.78 is 31.1. The van der Waals surface area contributed by atoms with Crippen molar-refractivity contribution in [3.8, 4) is 11.5 Å². The monoisotopic (exact) mass is 567 g/mol. The lowest BCUT2D eigenvalue weighted by molar-refractivity contribution is -0.148. The summed E-state index contributed by atoms with van der Waals surface area (Å²) in [7, 11) is 1.27. The first kappa shape index (κ1) is 34.7. The Kier molecular flexibility index (Phi) is 15.7. The number of hydrogen-bond donors (Lipinski definition) is 1. The third kappa shape index (κ3) is 14.7. The molecule has 11 nitrogen and oxygen atoms in total. The second-order valence-corrected chi connectivity index (χ2v) is 10.8. The molecule has 1 unspecified atom stereocenters. The highest BCUT2D eigenvalue weighted by molar-refractivity contribution is 5.76. The van der Waals surface area contributed by atoms with E-state index in [2.05, 4.69) is 5.32 Å². The number of ether oxygens (including phenoxy) is 6. The van der Waals surface area contributed by atoms with Crippen LogP contribution in [0.1, 0.15) is 66.9 Å². The van der Waals surface area contributed by atoms with Crippen LogP contribution in [0.15, 0.2) is 18.2 Å². The van der Waals surface area contributed by atoms with Gasteiger partial charge in [0.25, 0.3) is 0 Å². The van der Waals surface area contributed by atoms with E-state index in [9.17, 15) is 19.2 Å². The molecule has 0 aliphatic carbocycles. The summed E-state index contributed by atoms with van der Waals surface area (Å²) in [6.07, 6.45) is -1.21. The maximum atomic E-state index is 12.5. The first-order valence-electron chi connectivity index (χ1n) is 13.6. The SMILES string of the molecule is COC(=O)[C@H](Cc1ccc(OC(=O)OCC(C)C)c(OC(=O)OCC(C)C)c1)NCC(C)OC(=O)CCC(C)C. The molecule has 11 heteroatoms. The van der Waals surface area contributed by atoms with Crippen molar-refractivity contribution >= 4 is 24.2 Å². The Morgan fingerprint density at radius 1 is 0.800 bits per heavy atom.